The second-order valence-electron chi connectivity index (χ2n) is 4.92. The molecule has 0 saturated heterocycles. The van der Waals surface area contributed by atoms with Crippen LogP contribution in [0.25, 0.3) is 0 Å². The second-order valence-corrected chi connectivity index (χ2v) is 7.60. The molecule has 0 saturated carbocycles. The van der Waals surface area contributed by atoms with E-state index in [0.717, 1.165) is 15.6 Å². The van der Waals surface area contributed by atoms with Crippen LogP contribution in [-0.4, -0.2) is 24.7 Å². The molecule has 0 fully saturated rings. The van der Waals surface area contributed by atoms with Crippen LogP contribution in [0.3, 0.4) is 0 Å². The minimum absolute atomic E-state index is 0.312. The number of hydrogen-bond acceptors (Lipinski definition) is 3. The Morgan fingerprint density at radius 3 is 2.67 bits per heavy atom. The number of nitrogens with zero attached hydrogens (tertiary/aromatic N) is 2. The van der Waals surface area contributed by atoms with E-state index in [1.807, 2.05) is 26.1 Å². The quantitative estimate of drug-likeness (QED) is 0.793. The minimum Gasteiger partial charge on any atom is -0.272 e. The molecule has 0 radical (unpaired) electrons. The van der Waals surface area contributed by atoms with Gasteiger partial charge in [0.1, 0.15) is 0 Å². The van der Waals surface area contributed by atoms with Crippen molar-refractivity contribution in [1.29, 1.82) is 0 Å². The molecule has 114 valence electrons. The van der Waals surface area contributed by atoms with E-state index in [1.165, 1.54) is 0 Å². The highest BCUT2D eigenvalue weighted by Crippen LogP contribution is 2.14. The topological polar surface area (TPSA) is 64.0 Å². The number of aromatic nitrogens is 2. The zero-order valence-corrected chi connectivity index (χ0v) is 14.4. The third-order valence-electron chi connectivity index (χ3n) is 3.25. The van der Waals surface area contributed by atoms with Crippen molar-refractivity contribution < 1.29 is 8.42 Å². The first-order chi connectivity index (χ1) is 9.88. The van der Waals surface area contributed by atoms with Crippen molar-refractivity contribution >= 4 is 26.0 Å². The Hall–Kier alpha value is -1.18. The molecule has 0 spiro atoms. The molecule has 2 aromatic rings. The van der Waals surface area contributed by atoms with E-state index >= 15 is 0 Å². The average Bonchev–Trinajstić information content (AvgIpc) is 2.83. The van der Waals surface area contributed by atoms with Crippen molar-refractivity contribution in [2.24, 2.45) is 0 Å². The fraction of sp³-hybridized carbons (Fsp3) is 0.357. The molecular weight excluding hydrogens is 354 g/mol. The summed E-state index contributed by atoms with van der Waals surface area (Å²) in [7, 11) is -3.44. The summed E-state index contributed by atoms with van der Waals surface area (Å²) in [6.45, 7) is 4.92. The Balaban J connectivity index is 1.90. The first-order valence-corrected chi connectivity index (χ1v) is 8.91. The van der Waals surface area contributed by atoms with E-state index in [1.54, 1.807) is 23.0 Å². The summed E-state index contributed by atoms with van der Waals surface area (Å²) in [6.07, 6.45) is 4.25. The van der Waals surface area contributed by atoms with Crippen LogP contribution in [0.4, 0.5) is 0 Å². The molecule has 21 heavy (non-hydrogen) atoms. The molecule has 0 aliphatic rings. The van der Waals surface area contributed by atoms with Gasteiger partial charge in [-0.05, 0) is 59.5 Å². The van der Waals surface area contributed by atoms with Crippen LogP contribution < -0.4 is 4.72 Å². The third-order valence-corrected chi connectivity index (χ3v) is 5.11. The van der Waals surface area contributed by atoms with Crippen molar-refractivity contribution in [1.82, 2.24) is 14.5 Å². The lowest BCUT2D eigenvalue weighted by molar-refractivity contribution is 0.553. The monoisotopic (exact) mass is 371 g/mol. The van der Waals surface area contributed by atoms with Gasteiger partial charge >= 0.3 is 0 Å². The van der Waals surface area contributed by atoms with Gasteiger partial charge in [0, 0.05) is 19.3 Å². The molecular formula is C14H18BrN3O2S. The normalized spacial score (nSPS) is 11.8. The zero-order chi connectivity index (χ0) is 15.5. The SMILES string of the molecule is Cc1ccc(S(=O)(=O)NCCCn2cc(Br)cn2)cc1C. The van der Waals surface area contributed by atoms with Crippen LogP contribution in [0.2, 0.25) is 0 Å². The maximum Gasteiger partial charge on any atom is 0.240 e. The molecule has 0 atom stereocenters. The van der Waals surface area contributed by atoms with Crippen LogP contribution in [0.5, 0.6) is 0 Å². The van der Waals surface area contributed by atoms with Gasteiger partial charge in [-0.1, -0.05) is 6.07 Å². The lowest BCUT2D eigenvalue weighted by Gasteiger charge is -2.08. The summed E-state index contributed by atoms with van der Waals surface area (Å²) in [5, 5.41) is 4.12. The van der Waals surface area contributed by atoms with Gasteiger partial charge in [-0.25, -0.2) is 13.1 Å². The Kier molecular flexibility index (Phi) is 5.18. The molecule has 1 aromatic heterocycles. The summed E-state index contributed by atoms with van der Waals surface area (Å²) < 4.78 is 29.6. The van der Waals surface area contributed by atoms with Gasteiger partial charge in [0.15, 0.2) is 0 Å². The molecule has 0 unspecified atom stereocenters. The Morgan fingerprint density at radius 1 is 1.29 bits per heavy atom. The molecule has 2 rings (SSSR count). The average molecular weight is 372 g/mol. The van der Waals surface area contributed by atoms with Crippen LogP contribution >= 0.6 is 15.9 Å². The summed E-state index contributed by atoms with van der Waals surface area (Å²) in [6, 6.07) is 5.16. The van der Waals surface area contributed by atoms with Gasteiger partial charge in [0.2, 0.25) is 10.0 Å². The molecule has 1 N–H and O–H groups in total. The smallest absolute Gasteiger partial charge is 0.240 e. The summed E-state index contributed by atoms with van der Waals surface area (Å²) in [4.78, 5) is 0.312. The van der Waals surface area contributed by atoms with E-state index in [2.05, 4.69) is 25.8 Å². The van der Waals surface area contributed by atoms with Gasteiger partial charge in [0.05, 0.1) is 15.6 Å². The Morgan fingerprint density at radius 2 is 2.05 bits per heavy atom. The second kappa shape index (κ2) is 6.72. The minimum atomic E-state index is -3.44. The molecule has 5 nitrogen and oxygen atoms in total. The lowest BCUT2D eigenvalue weighted by Crippen LogP contribution is -2.25. The van der Waals surface area contributed by atoms with Crippen molar-refractivity contribution in [2.45, 2.75) is 31.7 Å². The molecule has 0 amide bonds. The fourth-order valence-electron chi connectivity index (χ4n) is 1.87. The Bertz CT molecular complexity index is 726. The van der Waals surface area contributed by atoms with Gasteiger partial charge in [-0.2, -0.15) is 5.10 Å². The Labute approximate surface area is 133 Å². The highest BCUT2D eigenvalue weighted by atomic mass is 79.9. The lowest BCUT2D eigenvalue weighted by atomic mass is 10.1. The van der Waals surface area contributed by atoms with E-state index in [-0.39, 0.29) is 0 Å². The van der Waals surface area contributed by atoms with E-state index in [9.17, 15) is 8.42 Å². The molecule has 7 heteroatoms. The predicted molar refractivity (Wildman–Crippen MR) is 85.6 cm³/mol. The van der Waals surface area contributed by atoms with Crippen molar-refractivity contribution in [3.05, 3.63) is 46.2 Å². The van der Waals surface area contributed by atoms with Crippen LogP contribution in [0.1, 0.15) is 17.5 Å². The first kappa shape index (κ1) is 16.2. The highest BCUT2D eigenvalue weighted by Gasteiger charge is 2.13. The summed E-state index contributed by atoms with van der Waals surface area (Å²) in [5.41, 5.74) is 2.05. The van der Waals surface area contributed by atoms with Crippen molar-refractivity contribution in [3.63, 3.8) is 0 Å². The number of halogens is 1. The number of benzene rings is 1. The standard InChI is InChI=1S/C14H18BrN3O2S/c1-11-4-5-14(8-12(11)2)21(19,20)17-6-3-7-18-10-13(15)9-16-18/h4-5,8-10,17H,3,6-7H2,1-2H3. The maximum atomic E-state index is 12.2. The van der Waals surface area contributed by atoms with Crippen LogP contribution in [-0.2, 0) is 16.6 Å². The molecule has 0 aliphatic heterocycles. The number of rotatable bonds is 6. The third kappa shape index (κ3) is 4.39. The number of aryl methyl sites for hydroxylation is 3. The van der Waals surface area contributed by atoms with Gasteiger partial charge in [-0.15, -0.1) is 0 Å². The zero-order valence-electron chi connectivity index (χ0n) is 12.0. The van der Waals surface area contributed by atoms with Crippen LogP contribution in [0, 0.1) is 13.8 Å². The van der Waals surface area contributed by atoms with E-state index in [4.69, 9.17) is 0 Å². The number of nitrogens with one attached hydrogen (secondary N) is 1. The maximum absolute atomic E-state index is 12.2. The summed E-state index contributed by atoms with van der Waals surface area (Å²) >= 11 is 3.32. The number of sulfonamides is 1. The fourth-order valence-corrected chi connectivity index (χ4v) is 3.36. The van der Waals surface area contributed by atoms with Crippen LogP contribution in [0.15, 0.2) is 40.0 Å². The molecule has 0 aliphatic carbocycles. The molecule has 1 aromatic carbocycles. The highest BCUT2D eigenvalue weighted by molar-refractivity contribution is 9.10. The van der Waals surface area contributed by atoms with Crippen molar-refractivity contribution in [3.8, 4) is 0 Å². The van der Waals surface area contributed by atoms with Gasteiger partial charge in [0.25, 0.3) is 0 Å². The predicted octanol–water partition coefficient (Wildman–Crippen LogP) is 2.63. The molecule has 1 heterocycles. The first-order valence-electron chi connectivity index (χ1n) is 6.63. The molecule has 0 bridgehead atoms. The summed E-state index contributed by atoms with van der Waals surface area (Å²) in [5.74, 6) is 0. The van der Waals surface area contributed by atoms with E-state index in [0.29, 0.717) is 24.4 Å². The number of hydrogen-bond donors (Lipinski definition) is 1. The van der Waals surface area contributed by atoms with E-state index < -0.39 is 10.0 Å². The van der Waals surface area contributed by atoms with Gasteiger partial charge in [-0.3, -0.25) is 4.68 Å². The largest absolute Gasteiger partial charge is 0.272 e. The van der Waals surface area contributed by atoms with Gasteiger partial charge < -0.3 is 0 Å². The van der Waals surface area contributed by atoms with Crippen molar-refractivity contribution in [2.75, 3.05) is 6.54 Å².